The topological polar surface area (TPSA) is 53.5 Å². The highest BCUT2D eigenvalue weighted by atomic mass is 16.5. The van der Waals surface area contributed by atoms with Crippen LogP contribution in [-0.2, 0) is 4.74 Å². The van der Waals surface area contributed by atoms with E-state index in [4.69, 9.17) is 14.2 Å². The SMILES string of the molecule is CCCCCCCCCCOc1ccc(-c2ncc(OCCCCCCOC)cn2)cc1. The summed E-state index contributed by atoms with van der Waals surface area (Å²) in [6, 6.07) is 8.02. The zero-order valence-corrected chi connectivity index (χ0v) is 20.2. The zero-order chi connectivity index (χ0) is 22.7. The number of hydrogen-bond acceptors (Lipinski definition) is 5. The van der Waals surface area contributed by atoms with E-state index in [2.05, 4.69) is 16.9 Å². The quantitative estimate of drug-likeness (QED) is 0.214. The molecule has 0 N–H and O–H groups in total. The second-order valence-electron chi connectivity index (χ2n) is 8.35. The fourth-order valence-corrected chi connectivity index (χ4v) is 3.56. The molecule has 0 saturated heterocycles. The fraction of sp³-hybridized carbons (Fsp3) is 0.630. The van der Waals surface area contributed by atoms with E-state index in [0.29, 0.717) is 12.4 Å². The van der Waals surface area contributed by atoms with Gasteiger partial charge in [0.2, 0.25) is 0 Å². The summed E-state index contributed by atoms with van der Waals surface area (Å²) in [4.78, 5) is 8.89. The minimum atomic E-state index is 0.695. The van der Waals surface area contributed by atoms with Gasteiger partial charge in [0.25, 0.3) is 0 Å². The molecule has 0 saturated carbocycles. The van der Waals surface area contributed by atoms with Crippen molar-refractivity contribution in [1.29, 1.82) is 0 Å². The molecule has 0 aliphatic rings. The average Bonchev–Trinajstić information content (AvgIpc) is 2.83. The number of hydrogen-bond donors (Lipinski definition) is 0. The number of methoxy groups -OCH3 is 1. The summed E-state index contributed by atoms with van der Waals surface area (Å²) in [5.41, 5.74) is 0.981. The molecule has 1 aromatic heterocycles. The van der Waals surface area contributed by atoms with Gasteiger partial charge in [-0.1, -0.05) is 58.3 Å². The van der Waals surface area contributed by atoms with Gasteiger partial charge in [0.05, 0.1) is 25.6 Å². The highest BCUT2D eigenvalue weighted by Gasteiger charge is 2.03. The molecule has 0 amide bonds. The fourth-order valence-electron chi connectivity index (χ4n) is 3.56. The first kappa shape index (κ1) is 26.1. The first-order valence-corrected chi connectivity index (χ1v) is 12.5. The van der Waals surface area contributed by atoms with Crippen LogP contribution in [0.2, 0.25) is 0 Å². The Balaban J connectivity index is 1.60. The summed E-state index contributed by atoms with van der Waals surface area (Å²) in [5, 5.41) is 0. The molecule has 0 fully saturated rings. The van der Waals surface area contributed by atoms with Crippen LogP contribution in [0, 0.1) is 0 Å². The van der Waals surface area contributed by atoms with Gasteiger partial charge in [-0.25, -0.2) is 9.97 Å². The molecule has 0 unspecified atom stereocenters. The molecule has 1 heterocycles. The van der Waals surface area contributed by atoms with Crippen molar-refractivity contribution in [2.45, 2.75) is 84.0 Å². The lowest BCUT2D eigenvalue weighted by Crippen LogP contribution is -2.00. The molecule has 2 aromatic rings. The third-order valence-corrected chi connectivity index (χ3v) is 5.52. The number of benzene rings is 1. The lowest BCUT2D eigenvalue weighted by Gasteiger charge is -2.08. The minimum Gasteiger partial charge on any atom is -0.494 e. The van der Waals surface area contributed by atoms with Crippen molar-refractivity contribution in [2.24, 2.45) is 0 Å². The van der Waals surface area contributed by atoms with Gasteiger partial charge in [-0.15, -0.1) is 0 Å². The van der Waals surface area contributed by atoms with E-state index in [0.717, 1.165) is 56.0 Å². The lowest BCUT2D eigenvalue weighted by molar-refractivity contribution is 0.191. The Morgan fingerprint density at radius 1 is 0.594 bits per heavy atom. The third-order valence-electron chi connectivity index (χ3n) is 5.52. The highest BCUT2D eigenvalue weighted by molar-refractivity contribution is 5.56. The maximum Gasteiger partial charge on any atom is 0.159 e. The Labute approximate surface area is 194 Å². The molecule has 0 aliphatic heterocycles. The van der Waals surface area contributed by atoms with Gasteiger partial charge in [0, 0.05) is 19.3 Å². The predicted molar refractivity (Wildman–Crippen MR) is 131 cm³/mol. The van der Waals surface area contributed by atoms with Gasteiger partial charge in [0.15, 0.2) is 11.6 Å². The van der Waals surface area contributed by atoms with Crippen LogP contribution < -0.4 is 9.47 Å². The Morgan fingerprint density at radius 3 is 1.66 bits per heavy atom. The van der Waals surface area contributed by atoms with Crippen LogP contribution >= 0.6 is 0 Å². The molecule has 0 atom stereocenters. The number of ether oxygens (including phenoxy) is 3. The maximum atomic E-state index is 5.88. The van der Waals surface area contributed by atoms with Crippen molar-refractivity contribution in [3.8, 4) is 22.9 Å². The molecule has 0 spiro atoms. The summed E-state index contributed by atoms with van der Waals surface area (Å²) in [6.07, 6.45) is 18.4. The lowest BCUT2D eigenvalue weighted by atomic mass is 10.1. The normalized spacial score (nSPS) is 10.9. The van der Waals surface area contributed by atoms with E-state index in [-0.39, 0.29) is 0 Å². The van der Waals surface area contributed by atoms with Gasteiger partial charge < -0.3 is 14.2 Å². The van der Waals surface area contributed by atoms with Crippen molar-refractivity contribution in [2.75, 3.05) is 26.9 Å². The van der Waals surface area contributed by atoms with Crippen LogP contribution in [-0.4, -0.2) is 36.9 Å². The molecule has 0 radical (unpaired) electrons. The van der Waals surface area contributed by atoms with Crippen LogP contribution in [0.4, 0.5) is 0 Å². The number of nitrogens with zero attached hydrogens (tertiary/aromatic N) is 2. The van der Waals surface area contributed by atoms with Crippen molar-refractivity contribution in [3.63, 3.8) is 0 Å². The van der Waals surface area contributed by atoms with Crippen molar-refractivity contribution in [1.82, 2.24) is 9.97 Å². The monoisotopic (exact) mass is 442 g/mol. The Bertz CT molecular complexity index is 689. The van der Waals surface area contributed by atoms with Crippen molar-refractivity contribution >= 4 is 0 Å². The van der Waals surface area contributed by atoms with Gasteiger partial charge in [-0.3, -0.25) is 0 Å². The summed E-state index contributed by atoms with van der Waals surface area (Å²) in [7, 11) is 1.74. The predicted octanol–water partition coefficient (Wildman–Crippen LogP) is 7.25. The maximum absolute atomic E-state index is 5.88. The summed E-state index contributed by atoms with van der Waals surface area (Å²) >= 11 is 0. The van der Waals surface area contributed by atoms with E-state index < -0.39 is 0 Å². The first-order chi connectivity index (χ1) is 15.8. The second kappa shape index (κ2) is 17.4. The number of unbranched alkanes of at least 4 members (excludes halogenated alkanes) is 10. The summed E-state index contributed by atoms with van der Waals surface area (Å²) in [5.74, 6) is 2.32. The van der Waals surface area contributed by atoms with E-state index in [9.17, 15) is 0 Å². The smallest absolute Gasteiger partial charge is 0.159 e. The average molecular weight is 443 g/mol. The minimum absolute atomic E-state index is 0.695. The van der Waals surface area contributed by atoms with Crippen LogP contribution in [0.15, 0.2) is 36.7 Å². The molecule has 1 aromatic carbocycles. The molecule has 32 heavy (non-hydrogen) atoms. The summed E-state index contributed by atoms with van der Waals surface area (Å²) in [6.45, 7) is 4.57. The molecule has 5 nitrogen and oxygen atoms in total. The first-order valence-electron chi connectivity index (χ1n) is 12.5. The molecule has 5 heteroatoms. The van der Waals surface area contributed by atoms with E-state index in [1.807, 2.05) is 24.3 Å². The molecular formula is C27H42N2O3. The highest BCUT2D eigenvalue weighted by Crippen LogP contribution is 2.21. The summed E-state index contributed by atoms with van der Waals surface area (Å²) < 4.78 is 16.7. The third kappa shape index (κ3) is 11.5. The van der Waals surface area contributed by atoms with Gasteiger partial charge in [-0.2, -0.15) is 0 Å². The van der Waals surface area contributed by atoms with Crippen molar-refractivity contribution in [3.05, 3.63) is 36.7 Å². The molecule has 0 bridgehead atoms. The second-order valence-corrected chi connectivity index (χ2v) is 8.35. The molecule has 0 aliphatic carbocycles. The van der Waals surface area contributed by atoms with E-state index in [1.165, 1.54) is 51.4 Å². The van der Waals surface area contributed by atoms with E-state index >= 15 is 0 Å². The largest absolute Gasteiger partial charge is 0.494 e. The van der Waals surface area contributed by atoms with Crippen LogP contribution in [0.3, 0.4) is 0 Å². The molecule has 2 rings (SSSR count). The number of aromatic nitrogens is 2. The Kier molecular flexibility index (Phi) is 14.2. The number of rotatable bonds is 19. The van der Waals surface area contributed by atoms with Gasteiger partial charge >= 0.3 is 0 Å². The standard InChI is InChI=1S/C27H42N2O3/c1-3-4-5-6-7-8-9-13-20-31-25-17-15-24(16-18-25)27-28-22-26(23-29-27)32-21-14-11-10-12-19-30-2/h15-18,22-23H,3-14,19-21H2,1-2H3. The van der Waals surface area contributed by atoms with Crippen LogP contribution in [0.5, 0.6) is 11.5 Å². The molecular weight excluding hydrogens is 400 g/mol. The van der Waals surface area contributed by atoms with Crippen molar-refractivity contribution < 1.29 is 14.2 Å². The van der Waals surface area contributed by atoms with Crippen LogP contribution in [0.1, 0.15) is 84.0 Å². The Morgan fingerprint density at radius 2 is 1.09 bits per heavy atom. The van der Waals surface area contributed by atoms with Crippen LogP contribution in [0.25, 0.3) is 11.4 Å². The van der Waals surface area contributed by atoms with Gasteiger partial charge in [-0.05, 0) is 49.9 Å². The van der Waals surface area contributed by atoms with Gasteiger partial charge in [0.1, 0.15) is 5.75 Å². The Hall–Kier alpha value is -2.14. The molecule has 178 valence electrons. The van der Waals surface area contributed by atoms with E-state index in [1.54, 1.807) is 19.5 Å². The zero-order valence-electron chi connectivity index (χ0n) is 20.2.